The van der Waals surface area contributed by atoms with Crippen molar-refractivity contribution in [1.29, 1.82) is 0 Å². The maximum atomic E-state index is 12.2. The van der Waals surface area contributed by atoms with Crippen molar-refractivity contribution in [2.24, 2.45) is 0 Å². The molecule has 0 amide bonds. The van der Waals surface area contributed by atoms with Gasteiger partial charge in [-0.1, -0.05) is 29.8 Å². The maximum absolute atomic E-state index is 12.2. The Hall–Kier alpha value is -0.940. The predicted molar refractivity (Wildman–Crippen MR) is 51.0 cm³/mol. The minimum atomic E-state index is -4.63. The highest BCUT2D eigenvalue weighted by Crippen LogP contribution is 2.16. The Balaban J connectivity index is 2.85. The van der Waals surface area contributed by atoms with Crippen LogP contribution in [-0.2, 0) is 10.2 Å². The molecule has 0 saturated carbocycles. The number of hydrogen-bond acceptors (Lipinski definition) is 3. The van der Waals surface area contributed by atoms with Crippen molar-refractivity contribution >= 4 is 10.2 Å². The van der Waals surface area contributed by atoms with E-state index < -0.39 is 22.1 Å². The van der Waals surface area contributed by atoms with E-state index in [9.17, 15) is 17.4 Å². The van der Waals surface area contributed by atoms with Crippen molar-refractivity contribution in [2.45, 2.75) is 13.0 Å². The van der Waals surface area contributed by atoms with E-state index in [4.69, 9.17) is 0 Å². The average Bonchev–Trinajstić information content (AvgIpc) is 2.01. The van der Waals surface area contributed by atoms with Crippen LogP contribution in [-0.4, -0.2) is 19.3 Å². The summed E-state index contributed by atoms with van der Waals surface area (Å²) in [6, 6.07) is 6.66. The number of benzene rings is 1. The first-order valence-corrected chi connectivity index (χ1v) is 5.61. The van der Waals surface area contributed by atoms with Crippen molar-refractivity contribution in [2.75, 3.05) is 5.75 Å². The molecule has 3 nitrogen and oxygen atoms in total. The van der Waals surface area contributed by atoms with Crippen LogP contribution in [0.25, 0.3) is 0 Å². The first kappa shape index (κ1) is 11.1. The lowest BCUT2D eigenvalue weighted by Crippen LogP contribution is -2.10. The second-order valence-electron chi connectivity index (χ2n) is 3.14. The smallest absolute Gasteiger partial charge is 0.305 e. The van der Waals surface area contributed by atoms with Crippen LogP contribution >= 0.6 is 0 Å². The second kappa shape index (κ2) is 4.06. The highest BCUT2D eigenvalue weighted by atomic mass is 32.3. The van der Waals surface area contributed by atoms with Crippen LogP contribution in [0.2, 0.25) is 0 Å². The molecule has 78 valence electrons. The molecule has 0 aromatic heterocycles. The monoisotopic (exact) mass is 218 g/mol. The van der Waals surface area contributed by atoms with E-state index in [0.717, 1.165) is 5.56 Å². The van der Waals surface area contributed by atoms with Gasteiger partial charge in [0, 0.05) is 0 Å². The zero-order valence-corrected chi connectivity index (χ0v) is 8.46. The lowest BCUT2D eigenvalue weighted by molar-refractivity contribution is 0.200. The van der Waals surface area contributed by atoms with Gasteiger partial charge < -0.3 is 5.11 Å². The van der Waals surface area contributed by atoms with Gasteiger partial charge >= 0.3 is 10.2 Å². The number of aryl methyl sites for hydroxylation is 1. The third kappa shape index (κ3) is 3.43. The van der Waals surface area contributed by atoms with Gasteiger partial charge in [-0.3, -0.25) is 0 Å². The molecule has 1 unspecified atom stereocenters. The molecule has 0 radical (unpaired) electrons. The topological polar surface area (TPSA) is 54.4 Å². The van der Waals surface area contributed by atoms with Crippen LogP contribution in [0.3, 0.4) is 0 Å². The molecule has 14 heavy (non-hydrogen) atoms. The van der Waals surface area contributed by atoms with Gasteiger partial charge in [0.15, 0.2) is 0 Å². The van der Waals surface area contributed by atoms with E-state index in [-0.39, 0.29) is 0 Å². The summed E-state index contributed by atoms with van der Waals surface area (Å²) >= 11 is 0. The van der Waals surface area contributed by atoms with E-state index in [1.807, 2.05) is 0 Å². The van der Waals surface area contributed by atoms with E-state index in [0.29, 0.717) is 5.56 Å². The number of aliphatic hydroxyl groups is 1. The summed E-state index contributed by atoms with van der Waals surface area (Å²) in [5, 5.41) is 9.36. The molecule has 0 bridgehead atoms. The third-order valence-corrected chi connectivity index (χ3v) is 2.50. The fourth-order valence-corrected chi connectivity index (χ4v) is 1.73. The van der Waals surface area contributed by atoms with Crippen LogP contribution in [0.4, 0.5) is 3.89 Å². The van der Waals surface area contributed by atoms with Gasteiger partial charge in [-0.15, -0.1) is 3.89 Å². The molecule has 1 atom stereocenters. The molecule has 0 spiro atoms. The SMILES string of the molecule is Cc1cccc(C(O)CS(=O)(=O)F)c1. The third-order valence-electron chi connectivity index (χ3n) is 1.78. The van der Waals surface area contributed by atoms with Crippen LogP contribution < -0.4 is 0 Å². The molecule has 1 aromatic rings. The van der Waals surface area contributed by atoms with Gasteiger partial charge in [0.2, 0.25) is 0 Å². The normalized spacial score (nSPS) is 13.9. The summed E-state index contributed by atoms with van der Waals surface area (Å²) < 4.78 is 32.8. The lowest BCUT2D eigenvalue weighted by atomic mass is 10.1. The van der Waals surface area contributed by atoms with E-state index in [2.05, 4.69) is 0 Å². The Morgan fingerprint density at radius 3 is 2.64 bits per heavy atom. The molecule has 1 aromatic carbocycles. The number of rotatable bonds is 3. The van der Waals surface area contributed by atoms with Crippen LogP contribution in [0.5, 0.6) is 0 Å². The molecule has 0 heterocycles. The maximum Gasteiger partial charge on any atom is 0.305 e. The minimum absolute atomic E-state index is 0.409. The first-order chi connectivity index (χ1) is 6.38. The molecule has 0 aliphatic carbocycles. The summed E-state index contributed by atoms with van der Waals surface area (Å²) in [5.41, 5.74) is 1.30. The largest absolute Gasteiger partial charge is 0.387 e. The van der Waals surface area contributed by atoms with Gasteiger partial charge in [0.1, 0.15) is 5.75 Å². The molecule has 0 aliphatic heterocycles. The van der Waals surface area contributed by atoms with Crippen molar-refractivity contribution in [3.63, 3.8) is 0 Å². The summed E-state index contributed by atoms with van der Waals surface area (Å²) in [4.78, 5) is 0. The zero-order valence-electron chi connectivity index (χ0n) is 7.64. The standard InChI is InChI=1S/C9H11FO3S/c1-7-3-2-4-8(5-7)9(11)6-14(10,12)13/h2-5,9,11H,6H2,1H3. The zero-order chi connectivity index (χ0) is 10.8. The molecule has 5 heteroatoms. The van der Waals surface area contributed by atoms with E-state index >= 15 is 0 Å². The molecule has 1 rings (SSSR count). The highest BCUT2D eigenvalue weighted by molar-refractivity contribution is 7.86. The lowest BCUT2D eigenvalue weighted by Gasteiger charge is -2.08. The van der Waals surface area contributed by atoms with Gasteiger partial charge in [0.25, 0.3) is 0 Å². The van der Waals surface area contributed by atoms with Crippen molar-refractivity contribution < 1.29 is 17.4 Å². The van der Waals surface area contributed by atoms with E-state index in [1.54, 1.807) is 31.2 Å². The van der Waals surface area contributed by atoms with Gasteiger partial charge in [-0.05, 0) is 12.5 Å². The molecular formula is C9H11FO3S. The van der Waals surface area contributed by atoms with Crippen LogP contribution in [0.1, 0.15) is 17.2 Å². The Morgan fingerprint density at radius 2 is 2.14 bits per heavy atom. The quantitative estimate of drug-likeness (QED) is 0.779. The fourth-order valence-electron chi connectivity index (χ4n) is 1.16. The van der Waals surface area contributed by atoms with Crippen LogP contribution in [0, 0.1) is 6.92 Å². The van der Waals surface area contributed by atoms with Crippen molar-refractivity contribution in [3.8, 4) is 0 Å². The molecule has 0 aliphatic rings. The Kier molecular flexibility index (Phi) is 3.23. The molecule has 1 N–H and O–H groups in total. The highest BCUT2D eigenvalue weighted by Gasteiger charge is 2.17. The predicted octanol–water partition coefficient (Wildman–Crippen LogP) is 1.33. The van der Waals surface area contributed by atoms with Gasteiger partial charge in [-0.25, -0.2) is 0 Å². The molecular weight excluding hydrogens is 207 g/mol. The summed E-state index contributed by atoms with van der Waals surface area (Å²) in [7, 11) is -4.63. The van der Waals surface area contributed by atoms with E-state index in [1.165, 1.54) is 0 Å². The number of aliphatic hydroxyl groups excluding tert-OH is 1. The Bertz CT molecular complexity index is 414. The Labute approximate surface area is 82.4 Å². The fraction of sp³-hybridized carbons (Fsp3) is 0.333. The second-order valence-corrected chi connectivity index (χ2v) is 4.55. The summed E-state index contributed by atoms with van der Waals surface area (Å²) in [6.07, 6.45) is -1.30. The Morgan fingerprint density at radius 1 is 1.50 bits per heavy atom. The number of hydrogen-bond donors (Lipinski definition) is 1. The first-order valence-electron chi connectivity index (χ1n) is 4.05. The van der Waals surface area contributed by atoms with Gasteiger partial charge in [-0.2, -0.15) is 8.42 Å². The summed E-state index contributed by atoms with van der Waals surface area (Å²) in [6.45, 7) is 1.81. The van der Waals surface area contributed by atoms with Gasteiger partial charge in [0.05, 0.1) is 6.10 Å². The minimum Gasteiger partial charge on any atom is -0.387 e. The summed E-state index contributed by atoms with van der Waals surface area (Å²) in [5.74, 6) is -0.892. The average molecular weight is 218 g/mol. The van der Waals surface area contributed by atoms with Crippen molar-refractivity contribution in [1.82, 2.24) is 0 Å². The molecule has 0 saturated heterocycles. The van der Waals surface area contributed by atoms with Crippen molar-refractivity contribution in [3.05, 3.63) is 35.4 Å². The number of halogens is 1. The molecule has 0 fully saturated rings. The van der Waals surface area contributed by atoms with Crippen LogP contribution in [0.15, 0.2) is 24.3 Å².